The Kier molecular flexibility index (Phi) is 6.18. The van der Waals surface area contributed by atoms with E-state index in [1.165, 1.54) is 6.07 Å². The quantitative estimate of drug-likeness (QED) is 0.752. The van der Waals surface area contributed by atoms with Crippen molar-refractivity contribution in [2.24, 2.45) is 17.8 Å². The lowest BCUT2D eigenvalue weighted by Crippen LogP contribution is -2.32. The molecule has 1 amide bonds. The van der Waals surface area contributed by atoms with E-state index in [2.05, 4.69) is 6.92 Å². The van der Waals surface area contributed by atoms with Gasteiger partial charge in [0.2, 0.25) is 0 Å². The van der Waals surface area contributed by atoms with Gasteiger partial charge in [-0.15, -0.1) is 0 Å². The Hall–Kier alpha value is -1.91. The molecule has 5 heteroatoms. The molecule has 0 bridgehead atoms. The highest BCUT2D eigenvalue weighted by Crippen LogP contribution is 2.37. The van der Waals surface area contributed by atoms with E-state index < -0.39 is 11.6 Å². The summed E-state index contributed by atoms with van der Waals surface area (Å²) in [7, 11) is 0. The predicted molar refractivity (Wildman–Crippen MR) is 102 cm³/mol. The molecule has 148 valence electrons. The predicted octanol–water partition coefficient (Wildman–Crippen LogP) is 4.69. The molecule has 1 aliphatic carbocycles. The first kappa shape index (κ1) is 19.8. The fraction of sp³-hybridized carbons (Fsp3) is 0.636. The first-order valence-electron chi connectivity index (χ1n) is 10.2. The van der Waals surface area contributed by atoms with Gasteiger partial charge >= 0.3 is 0 Å². The number of phenols is 1. The zero-order valence-corrected chi connectivity index (χ0v) is 16.3. The van der Waals surface area contributed by atoms with Crippen LogP contribution in [0.25, 0.3) is 0 Å². The average Bonchev–Trinajstić information content (AvgIpc) is 2.95. The minimum atomic E-state index is -0.789. The van der Waals surface area contributed by atoms with Crippen LogP contribution in [0, 0.1) is 23.6 Å². The summed E-state index contributed by atoms with van der Waals surface area (Å²) in [5.74, 6) is 0.533. The number of hydrogen-bond acceptors (Lipinski definition) is 3. The van der Waals surface area contributed by atoms with Crippen molar-refractivity contribution in [1.82, 2.24) is 4.90 Å². The van der Waals surface area contributed by atoms with Crippen LogP contribution in [0.4, 0.5) is 4.39 Å². The van der Waals surface area contributed by atoms with Crippen molar-refractivity contribution in [2.75, 3.05) is 6.54 Å². The molecule has 2 aliphatic rings. The molecular weight excluding hydrogens is 345 g/mol. The van der Waals surface area contributed by atoms with Crippen LogP contribution in [-0.2, 0) is 11.3 Å². The van der Waals surface area contributed by atoms with Gasteiger partial charge in [0.05, 0.1) is 5.56 Å². The van der Waals surface area contributed by atoms with E-state index >= 15 is 0 Å². The molecule has 0 radical (unpaired) electrons. The van der Waals surface area contributed by atoms with Gasteiger partial charge in [0.1, 0.15) is 5.78 Å². The van der Waals surface area contributed by atoms with Crippen LogP contribution in [0.5, 0.6) is 5.75 Å². The van der Waals surface area contributed by atoms with Crippen molar-refractivity contribution in [1.29, 1.82) is 0 Å². The number of carbonyl (C=O) groups excluding carboxylic acids is 2. The molecule has 1 unspecified atom stereocenters. The van der Waals surface area contributed by atoms with Crippen LogP contribution in [0.2, 0.25) is 0 Å². The third-order valence-electron chi connectivity index (χ3n) is 6.43. The molecule has 1 heterocycles. The number of aromatic hydroxyl groups is 1. The molecule has 1 saturated carbocycles. The first-order chi connectivity index (χ1) is 12.9. The zero-order valence-electron chi connectivity index (χ0n) is 16.3. The van der Waals surface area contributed by atoms with Gasteiger partial charge in [0.15, 0.2) is 11.6 Å². The van der Waals surface area contributed by atoms with Crippen LogP contribution in [0.3, 0.4) is 0 Å². The van der Waals surface area contributed by atoms with Gasteiger partial charge in [0, 0.05) is 19.5 Å². The Morgan fingerprint density at radius 2 is 2.00 bits per heavy atom. The summed E-state index contributed by atoms with van der Waals surface area (Å²) in [6, 6.07) is 2.97. The molecule has 0 aromatic heterocycles. The monoisotopic (exact) mass is 375 g/mol. The lowest BCUT2D eigenvalue weighted by atomic mass is 9.75. The van der Waals surface area contributed by atoms with E-state index in [0.29, 0.717) is 42.8 Å². The number of phenolic OH excluding ortho intramolecular Hbond substituents is 1. The summed E-state index contributed by atoms with van der Waals surface area (Å²) in [6.45, 7) is 5.05. The Bertz CT molecular complexity index is 710. The number of ketones is 1. The smallest absolute Gasteiger partial charge is 0.257 e. The molecule has 1 atom stereocenters. The summed E-state index contributed by atoms with van der Waals surface area (Å²) >= 11 is 0. The van der Waals surface area contributed by atoms with Crippen molar-refractivity contribution >= 4 is 11.7 Å². The van der Waals surface area contributed by atoms with E-state index in [4.69, 9.17) is 0 Å². The highest BCUT2D eigenvalue weighted by atomic mass is 19.1. The molecule has 1 fully saturated rings. The standard InChI is InChI=1S/C22H30FNO3/c1-14(4-3-5-15(2)25)17-8-6-16(7-9-17)12-24-13-18-10-11-19(26)21(23)20(18)22(24)27/h10-11,14,16-17,26H,3-9,12-13H2,1-2H3. The number of hydrogen-bond donors (Lipinski definition) is 1. The minimum absolute atomic E-state index is 0.0442. The van der Waals surface area contributed by atoms with Gasteiger partial charge in [-0.05, 0) is 68.4 Å². The van der Waals surface area contributed by atoms with Crippen LogP contribution in [0.1, 0.15) is 74.7 Å². The van der Waals surface area contributed by atoms with Crippen molar-refractivity contribution in [3.63, 3.8) is 0 Å². The molecular formula is C22H30FNO3. The molecule has 27 heavy (non-hydrogen) atoms. The van der Waals surface area contributed by atoms with E-state index in [1.807, 2.05) is 0 Å². The zero-order chi connectivity index (χ0) is 19.6. The summed E-state index contributed by atoms with van der Waals surface area (Å²) in [4.78, 5) is 25.4. The Balaban J connectivity index is 1.48. The van der Waals surface area contributed by atoms with Crippen molar-refractivity contribution in [3.8, 4) is 5.75 Å². The lowest BCUT2D eigenvalue weighted by molar-refractivity contribution is -0.117. The molecule has 0 spiro atoms. The fourth-order valence-electron chi connectivity index (χ4n) is 4.71. The largest absolute Gasteiger partial charge is 0.505 e. The molecule has 1 aromatic rings. The number of fused-ring (bicyclic) bond motifs is 1. The van der Waals surface area contributed by atoms with Crippen LogP contribution < -0.4 is 0 Å². The highest BCUT2D eigenvalue weighted by Gasteiger charge is 2.34. The summed E-state index contributed by atoms with van der Waals surface area (Å²) in [5.41, 5.74) is 0.714. The maximum atomic E-state index is 14.1. The van der Waals surface area contributed by atoms with E-state index in [0.717, 1.165) is 38.5 Å². The third-order valence-corrected chi connectivity index (χ3v) is 6.43. The lowest BCUT2D eigenvalue weighted by Gasteiger charge is -2.34. The number of Topliss-reactive ketones (excluding diaryl/α,β-unsaturated/α-hetero) is 1. The van der Waals surface area contributed by atoms with Gasteiger partial charge in [-0.1, -0.05) is 19.4 Å². The average molecular weight is 375 g/mol. The minimum Gasteiger partial charge on any atom is -0.505 e. The molecule has 3 rings (SSSR count). The Labute approximate surface area is 160 Å². The molecule has 1 N–H and O–H groups in total. The van der Waals surface area contributed by atoms with Crippen LogP contribution >= 0.6 is 0 Å². The summed E-state index contributed by atoms with van der Waals surface area (Å²) in [5, 5.41) is 9.52. The van der Waals surface area contributed by atoms with E-state index in [-0.39, 0.29) is 17.3 Å². The van der Waals surface area contributed by atoms with Gasteiger partial charge in [-0.3, -0.25) is 4.79 Å². The Morgan fingerprint density at radius 3 is 2.67 bits per heavy atom. The van der Waals surface area contributed by atoms with Gasteiger partial charge in [-0.25, -0.2) is 4.39 Å². The number of rotatable bonds is 7. The van der Waals surface area contributed by atoms with Gasteiger partial charge in [0.25, 0.3) is 5.91 Å². The SMILES string of the molecule is CC(=O)CCCC(C)C1CCC(CN2Cc3ccc(O)c(F)c3C2=O)CC1. The van der Waals surface area contributed by atoms with Gasteiger partial charge < -0.3 is 14.8 Å². The van der Waals surface area contributed by atoms with Crippen molar-refractivity contribution in [2.45, 2.75) is 65.3 Å². The van der Waals surface area contributed by atoms with E-state index in [1.54, 1.807) is 17.9 Å². The second-order valence-corrected chi connectivity index (χ2v) is 8.47. The molecule has 1 aliphatic heterocycles. The van der Waals surface area contributed by atoms with Gasteiger partial charge in [-0.2, -0.15) is 0 Å². The number of halogens is 1. The van der Waals surface area contributed by atoms with Crippen LogP contribution in [-0.4, -0.2) is 28.2 Å². The maximum Gasteiger partial charge on any atom is 0.257 e. The van der Waals surface area contributed by atoms with E-state index in [9.17, 15) is 19.1 Å². The second-order valence-electron chi connectivity index (χ2n) is 8.47. The number of nitrogens with zero attached hydrogens (tertiary/aromatic N) is 1. The topological polar surface area (TPSA) is 57.6 Å². The third kappa shape index (κ3) is 4.50. The number of carbonyl (C=O) groups is 2. The summed E-state index contributed by atoms with van der Waals surface area (Å²) < 4.78 is 14.1. The summed E-state index contributed by atoms with van der Waals surface area (Å²) in [6.07, 6.45) is 7.29. The highest BCUT2D eigenvalue weighted by molar-refractivity contribution is 5.99. The fourth-order valence-corrected chi connectivity index (χ4v) is 4.71. The molecule has 1 aromatic carbocycles. The van der Waals surface area contributed by atoms with Crippen molar-refractivity contribution in [3.05, 3.63) is 29.1 Å². The van der Waals surface area contributed by atoms with Crippen LogP contribution in [0.15, 0.2) is 12.1 Å². The van der Waals surface area contributed by atoms with Crippen molar-refractivity contribution < 1.29 is 19.1 Å². The maximum absolute atomic E-state index is 14.1. The second kappa shape index (κ2) is 8.41. The Morgan fingerprint density at radius 1 is 1.30 bits per heavy atom. The first-order valence-corrected chi connectivity index (χ1v) is 10.2. The normalized spacial score (nSPS) is 23.4. The number of amides is 1. The molecule has 4 nitrogen and oxygen atoms in total. The number of benzene rings is 1. The molecule has 0 saturated heterocycles.